The van der Waals surface area contributed by atoms with Gasteiger partial charge in [0.05, 0.1) is 0 Å². The van der Waals surface area contributed by atoms with Crippen molar-refractivity contribution in [3.63, 3.8) is 0 Å². The van der Waals surface area contributed by atoms with Gasteiger partial charge in [-0.25, -0.2) is 4.98 Å². The molecule has 0 atom stereocenters. The number of aliphatic hydroxyl groups excluding tert-OH is 1. The van der Waals surface area contributed by atoms with Gasteiger partial charge in [-0.05, 0) is 17.5 Å². The molecule has 0 aliphatic carbocycles. The van der Waals surface area contributed by atoms with Gasteiger partial charge in [0.15, 0.2) is 0 Å². The minimum Gasteiger partial charge on any atom is -0.387 e. The zero-order valence-corrected chi connectivity index (χ0v) is 8.32. The lowest BCUT2D eigenvalue weighted by atomic mass is 10.1. The number of pyridine rings is 1. The first-order valence-electron chi connectivity index (χ1n) is 4.50. The summed E-state index contributed by atoms with van der Waals surface area (Å²) >= 11 is 0. The third-order valence-corrected chi connectivity index (χ3v) is 1.86. The standard InChI is InChI=1S/C10H14N2O2/c1-7(2)8-3-4-9(11-5-8)12-10(14)6-13/h3-5,7,13H,6H2,1-2H3,(H,11,12,14). The van der Waals surface area contributed by atoms with Crippen LogP contribution in [0, 0.1) is 0 Å². The van der Waals surface area contributed by atoms with Crippen molar-refractivity contribution in [1.29, 1.82) is 0 Å². The minimum absolute atomic E-state index is 0.421. The second kappa shape index (κ2) is 4.72. The first kappa shape index (κ1) is 10.7. The Morgan fingerprint density at radius 2 is 2.29 bits per heavy atom. The normalized spacial score (nSPS) is 10.3. The smallest absolute Gasteiger partial charge is 0.251 e. The second-order valence-corrected chi connectivity index (χ2v) is 3.34. The van der Waals surface area contributed by atoms with E-state index in [0.717, 1.165) is 5.56 Å². The molecule has 4 heteroatoms. The molecule has 0 aliphatic rings. The molecule has 0 spiro atoms. The Labute approximate surface area is 83.0 Å². The van der Waals surface area contributed by atoms with Crippen molar-refractivity contribution in [2.24, 2.45) is 0 Å². The number of anilines is 1. The van der Waals surface area contributed by atoms with Crippen molar-refractivity contribution in [1.82, 2.24) is 4.98 Å². The van der Waals surface area contributed by atoms with E-state index in [9.17, 15) is 4.79 Å². The number of amides is 1. The number of nitrogens with zero attached hydrogens (tertiary/aromatic N) is 1. The summed E-state index contributed by atoms with van der Waals surface area (Å²) in [5, 5.41) is 11.0. The molecule has 1 heterocycles. The molecule has 0 bridgehead atoms. The van der Waals surface area contributed by atoms with Gasteiger partial charge in [0, 0.05) is 6.20 Å². The maximum atomic E-state index is 10.8. The SMILES string of the molecule is CC(C)c1ccc(NC(=O)CO)nc1. The van der Waals surface area contributed by atoms with Crippen molar-refractivity contribution in [3.8, 4) is 0 Å². The highest BCUT2D eigenvalue weighted by Crippen LogP contribution is 2.14. The number of rotatable bonds is 3. The van der Waals surface area contributed by atoms with Crippen molar-refractivity contribution in [2.45, 2.75) is 19.8 Å². The van der Waals surface area contributed by atoms with Crippen LogP contribution in [-0.4, -0.2) is 22.6 Å². The number of aliphatic hydroxyl groups is 1. The van der Waals surface area contributed by atoms with Crippen LogP contribution in [0.4, 0.5) is 5.82 Å². The molecule has 0 aromatic carbocycles. The molecular formula is C10H14N2O2. The van der Waals surface area contributed by atoms with Crippen molar-refractivity contribution < 1.29 is 9.90 Å². The highest BCUT2D eigenvalue weighted by molar-refractivity contribution is 5.90. The average molecular weight is 194 g/mol. The Bertz CT molecular complexity index is 306. The molecule has 1 aromatic rings. The molecule has 14 heavy (non-hydrogen) atoms. The Hall–Kier alpha value is -1.42. The highest BCUT2D eigenvalue weighted by atomic mass is 16.3. The lowest BCUT2D eigenvalue weighted by molar-refractivity contribution is -0.118. The maximum Gasteiger partial charge on any atom is 0.251 e. The molecule has 0 radical (unpaired) electrons. The molecule has 0 saturated heterocycles. The molecule has 0 saturated carbocycles. The van der Waals surface area contributed by atoms with E-state index in [1.54, 1.807) is 12.3 Å². The van der Waals surface area contributed by atoms with Crippen LogP contribution in [0.5, 0.6) is 0 Å². The van der Waals surface area contributed by atoms with Gasteiger partial charge in [0.25, 0.3) is 5.91 Å². The maximum absolute atomic E-state index is 10.8. The summed E-state index contributed by atoms with van der Waals surface area (Å²) in [6, 6.07) is 3.63. The van der Waals surface area contributed by atoms with Gasteiger partial charge < -0.3 is 10.4 Å². The first-order chi connectivity index (χ1) is 6.63. The summed E-state index contributed by atoms with van der Waals surface area (Å²) in [5.74, 6) is 0.438. The highest BCUT2D eigenvalue weighted by Gasteiger charge is 2.02. The number of aromatic nitrogens is 1. The lowest BCUT2D eigenvalue weighted by Crippen LogP contribution is -2.16. The number of nitrogens with one attached hydrogen (secondary N) is 1. The van der Waals surface area contributed by atoms with Crippen LogP contribution < -0.4 is 5.32 Å². The molecule has 76 valence electrons. The topological polar surface area (TPSA) is 62.2 Å². The molecule has 4 nitrogen and oxygen atoms in total. The summed E-state index contributed by atoms with van der Waals surface area (Å²) in [7, 11) is 0. The number of hydrogen-bond acceptors (Lipinski definition) is 3. The van der Waals surface area contributed by atoms with Crippen molar-refractivity contribution >= 4 is 11.7 Å². The predicted molar refractivity (Wildman–Crippen MR) is 54.0 cm³/mol. The van der Waals surface area contributed by atoms with Crippen LogP contribution in [0.3, 0.4) is 0 Å². The summed E-state index contributed by atoms with van der Waals surface area (Å²) in [6.07, 6.45) is 1.72. The number of hydrogen-bond donors (Lipinski definition) is 2. The van der Waals surface area contributed by atoms with Crippen molar-refractivity contribution in [2.75, 3.05) is 11.9 Å². The third-order valence-electron chi connectivity index (χ3n) is 1.86. The van der Waals surface area contributed by atoms with Crippen LogP contribution in [-0.2, 0) is 4.79 Å². The van der Waals surface area contributed by atoms with Gasteiger partial charge in [0.2, 0.25) is 0 Å². The van der Waals surface area contributed by atoms with Gasteiger partial charge in [-0.1, -0.05) is 19.9 Å². The predicted octanol–water partition coefficient (Wildman–Crippen LogP) is 1.14. The van der Waals surface area contributed by atoms with Gasteiger partial charge in [-0.2, -0.15) is 0 Å². The van der Waals surface area contributed by atoms with Crippen LogP contribution in [0.1, 0.15) is 25.3 Å². The Balaban J connectivity index is 2.69. The zero-order chi connectivity index (χ0) is 10.6. The average Bonchev–Trinajstić information content (AvgIpc) is 2.18. The van der Waals surface area contributed by atoms with Gasteiger partial charge >= 0.3 is 0 Å². The van der Waals surface area contributed by atoms with Crippen LogP contribution in [0.25, 0.3) is 0 Å². The Morgan fingerprint density at radius 1 is 1.57 bits per heavy atom. The first-order valence-corrected chi connectivity index (χ1v) is 4.50. The zero-order valence-electron chi connectivity index (χ0n) is 8.32. The molecule has 0 unspecified atom stereocenters. The van der Waals surface area contributed by atoms with Crippen LogP contribution in [0.2, 0.25) is 0 Å². The lowest BCUT2D eigenvalue weighted by Gasteiger charge is -2.06. The van der Waals surface area contributed by atoms with E-state index in [-0.39, 0.29) is 0 Å². The molecule has 1 amide bonds. The van der Waals surface area contributed by atoms with E-state index in [1.807, 2.05) is 6.07 Å². The third kappa shape index (κ3) is 2.81. The fraction of sp³-hybridized carbons (Fsp3) is 0.400. The monoisotopic (exact) mass is 194 g/mol. The van der Waals surface area contributed by atoms with Crippen molar-refractivity contribution in [3.05, 3.63) is 23.9 Å². The van der Waals surface area contributed by atoms with Gasteiger partial charge in [0.1, 0.15) is 12.4 Å². The van der Waals surface area contributed by atoms with Crippen LogP contribution >= 0.6 is 0 Å². The molecule has 0 fully saturated rings. The fourth-order valence-electron chi connectivity index (χ4n) is 1.00. The van der Waals surface area contributed by atoms with E-state index in [0.29, 0.717) is 11.7 Å². The Morgan fingerprint density at radius 3 is 2.71 bits per heavy atom. The van der Waals surface area contributed by atoms with E-state index in [1.165, 1.54) is 0 Å². The van der Waals surface area contributed by atoms with Crippen LogP contribution in [0.15, 0.2) is 18.3 Å². The van der Waals surface area contributed by atoms with E-state index in [2.05, 4.69) is 24.1 Å². The van der Waals surface area contributed by atoms with E-state index in [4.69, 9.17) is 5.11 Å². The second-order valence-electron chi connectivity index (χ2n) is 3.34. The number of carbonyl (C=O) groups is 1. The summed E-state index contributed by atoms with van der Waals surface area (Å²) in [5.41, 5.74) is 1.12. The minimum atomic E-state index is -0.520. The molecule has 0 aliphatic heterocycles. The van der Waals surface area contributed by atoms with Gasteiger partial charge in [-0.15, -0.1) is 0 Å². The van der Waals surface area contributed by atoms with E-state index < -0.39 is 12.5 Å². The fourth-order valence-corrected chi connectivity index (χ4v) is 1.00. The molecule has 2 N–H and O–H groups in total. The summed E-state index contributed by atoms with van der Waals surface area (Å²) in [6.45, 7) is 3.62. The quantitative estimate of drug-likeness (QED) is 0.758. The van der Waals surface area contributed by atoms with Gasteiger partial charge in [-0.3, -0.25) is 4.79 Å². The Kier molecular flexibility index (Phi) is 3.59. The summed E-state index contributed by atoms with van der Waals surface area (Å²) in [4.78, 5) is 14.8. The molecule has 1 rings (SSSR count). The molecule has 1 aromatic heterocycles. The summed E-state index contributed by atoms with van der Waals surface area (Å²) < 4.78 is 0. The largest absolute Gasteiger partial charge is 0.387 e. The number of carbonyl (C=O) groups excluding carboxylic acids is 1. The molecular weight excluding hydrogens is 180 g/mol. The van der Waals surface area contributed by atoms with E-state index >= 15 is 0 Å².